The lowest BCUT2D eigenvalue weighted by Crippen LogP contribution is -2.43. The number of nitrogens with zero attached hydrogens (tertiary/aromatic N) is 2. The van der Waals surface area contributed by atoms with Gasteiger partial charge in [-0.25, -0.2) is 0 Å². The summed E-state index contributed by atoms with van der Waals surface area (Å²) in [5.74, 6) is 0.954. The minimum atomic E-state index is 0.881. The Bertz CT molecular complexity index is 256. The summed E-state index contributed by atoms with van der Waals surface area (Å²) in [5.41, 5.74) is 0. The molecule has 2 nitrogen and oxygen atoms in total. The molecule has 0 aromatic rings. The summed E-state index contributed by atoms with van der Waals surface area (Å²) in [7, 11) is 9.40. The molecule has 0 saturated carbocycles. The van der Waals surface area contributed by atoms with Crippen molar-refractivity contribution in [1.82, 2.24) is 4.90 Å². The van der Waals surface area contributed by atoms with Gasteiger partial charge in [-0.2, -0.15) is 0 Å². The standard InChI is InChI=1S/C16H33N2/c1-17-15-9-5-6-11-16(17)14(8-7-10-15)12-13-18(2,3)4/h14-16H,5-13H2,1-4H3/q+1/t14-,15-,16-/m0/s1. The molecule has 2 fully saturated rings. The lowest BCUT2D eigenvalue weighted by molar-refractivity contribution is -0.871. The lowest BCUT2D eigenvalue weighted by atomic mass is 9.88. The van der Waals surface area contributed by atoms with Crippen LogP contribution in [0.4, 0.5) is 0 Å². The van der Waals surface area contributed by atoms with E-state index in [-0.39, 0.29) is 0 Å². The molecule has 2 aliphatic heterocycles. The number of hydrogen-bond donors (Lipinski definition) is 0. The Morgan fingerprint density at radius 2 is 1.61 bits per heavy atom. The average Bonchev–Trinajstić information content (AvgIpc) is 2.55. The Hall–Kier alpha value is -0.0800. The molecule has 2 heteroatoms. The Kier molecular flexibility index (Phi) is 4.71. The molecular formula is C16H33N2+. The Morgan fingerprint density at radius 1 is 0.944 bits per heavy atom. The molecule has 2 aliphatic rings. The van der Waals surface area contributed by atoms with Crippen LogP contribution in [0, 0.1) is 5.92 Å². The molecule has 0 N–H and O–H groups in total. The van der Waals surface area contributed by atoms with Crippen LogP contribution in [-0.4, -0.2) is 56.2 Å². The zero-order valence-electron chi connectivity index (χ0n) is 13.0. The maximum atomic E-state index is 2.76. The van der Waals surface area contributed by atoms with Crippen molar-refractivity contribution in [2.45, 2.75) is 63.5 Å². The van der Waals surface area contributed by atoms with Gasteiger partial charge in [0, 0.05) is 18.5 Å². The fraction of sp³-hybridized carbons (Fsp3) is 1.00. The van der Waals surface area contributed by atoms with Gasteiger partial charge in [0.25, 0.3) is 0 Å². The summed E-state index contributed by atoms with van der Waals surface area (Å²) in [5, 5.41) is 0. The lowest BCUT2D eigenvalue weighted by Gasteiger charge is -2.36. The van der Waals surface area contributed by atoms with E-state index in [1.165, 1.54) is 57.9 Å². The quantitative estimate of drug-likeness (QED) is 0.699. The second-order valence-electron chi connectivity index (χ2n) is 7.66. The third kappa shape index (κ3) is 3.71. The molecular weight excluding hydrogens is 220 g/mol. The van der Waals surface area contributed by atoms with Gasteiger partial charge < -0.3 is 9.38 Å². The third-order valence-corrected chi connectivity index (χ3v) is 5.21. The number of rotatable bonds is 3. The number of quaternary nitrogens is 1. The predicted molar refractivity (Wildman–Crippen MR) is 78.7 cm³/mol. The second-order valence-corrected chi connectivity index (χ2v) is 7.66. The van der Waals surface area contributed by atoms with Gasteiger partial charge in [0.2, 0.25) is 0 Å². The van der Waals surface area contributed by atoms with Crippen molar-refractivity contribution in [2.24, 2.45) is 5.92 Å². The van der Waals surface area contributed by atoms with Gasteiger partial charge in [-0.1, -0.05) is 19.3 Å². The summed E-state index contributed by atoms with van der Waals surface area (Å²) in [6.07, 6.45) is 11.7. The van der Waals surface area contributed by atoms with Crippen LogP contribution in [-0.2, 0) is 0 Å². The summed E-state index contributed by atoms with van der Waals surface area (Å²) in [6.45, 7) is 1.33. The highest BCUT2D eigenvalue weighted by molar-refractivity contribution is 4.88. The predicted octanol–water partition coefficient (Wildman–Crippen LogP) is 3.13. The summed E-state index contributed by atoms with van der Waals surface area (Å²) < 4.78 is 1.12. The van der Waals surface area contributed by atoms with Gasteiger partial charge in [-0.3, -0.25) is 0 Å². The van der Waals surface area contributed by atoms with Crippen molar-refractivity contribution in [3.8, 4) is 0 Å². The van der Waals surface area contributed by atoms with E-state index in [1.807, 2.05) is 0 Å². The Balaban J connectivity index is 2.00. The molecule has 18 heavy (non-hydrogen) atoms. The molecule has 2 rings (SSSR count). The fourth-order valence-electron chi connectivity index (χ4n) is 4.03. The monoisotopic (exact) mass is 253 g/mol. The first-order chi connectivity index (χ1) is 8.47. The molecule has 0 radical (unpaired) electrons. The van der Waals surface area contributed by atoms with E-state index in [0.29, 0.717) is 0 Å². The van der Waals surface area contributed by atoms with E-state index in [0.717, 1.165) is 22.5 Å². The molecule has 2 saturated heterocycles. The maximum absolute atomic E-state index is 2.76. The van der Waals surface area contributed by atoms with Crippen LogP contribution in [0.2, 0.25) is 0 Å². The first kappa shape index (κ1) is 14.3. The van der Waals surface area contributed by atoms with E-state index >= 15 is 0 Å². The van der Waals surface area contributed by atoms with Crippen LogP contribution in [0.5, 0.6) is 0 Å². The molecule has 2 heterocycles. The Labute approximate surface area is 114 Å². The number of fused-ring (bicyclic) bond motifs is 2. The second kappa shape index (κ2) is 5.92. The van der Waals surface area contributed by atoms with Crippen LogP contribution in [0.3, 0.4) is 0 Å². The van der Waals surface area contributed by atoms with Crippen molar-refractivity contribution in [1.29, 1.82) is 0 Å². The van der Waals surface area contributed by atoms with Crippen LogP contribution < -0.4 is 0 Å². The maximum Gasteiger partial charge on any atom is 0.0783 e. The van der Waals surface area contributed by atoms with Gasteiger partial charge in [-0.15, -0.1) is 0 Å². The van der Waals surface area contributed by atoms with Crippen LogP contribution >= 0.6 is 0 Å². The summed E-state index contributed by atoms with van der Waals surface area (Å²) in [6, 6.07) is 1.78. The van der Waals surface area contributed by atoms with E-state index in [1.54, 1.807) is 0 Å². The van der Waals surface area contributed by atoms with Crippen molar-refractivity contribution in [3.63, 3.8) is 0 Å². The largest absolute Gasteiger partial charge is 0.331 e. The van der Waals surface area contributed by atoms with E-state index in [9.17, 15) is 0 Å². The minimum absolute atomic E-state index is 0.881. The molecule has 3 atom stereocenters. The van der Waals surface area contributed by atoms with Crippen LogP contribution in [0.1, 0.15) is 51.4 Å². The van der Waals surface area contributed by atoms with Gasteiger partial charge in [0.1, 0.15) is 0 Å². The SMILES string of the molecule is CN1[C@H]2CCCC[C@H]1[C@H](CC[N+](C)(C)C)CCC2. The molecule has 0 aromatic heterocycles. The van der Waals surface area contributed by atoms with Gasteiger partial charge in [0.15, 0.2) is 0 Å². The van der Waals surface area contributed by atoms with Crippen molar-refractivity contribution in [3.05, 3.63) is 0 Å². The number of hydrogen-bond acceptors (Lipinski definition) is 1. The highest BCUT2D eigenvalue weighted by atomic mass is 15.3. The smallest absolute Gasteiger partial charge is 0.0783 e. The molecule has 0 amide bonds. The highest BCUT2D eigenvalue weighted by Crippen LogP contribution is 2.35. The topological polar surface area (TPSA) is 3.24 Å². The van der Waals surface area contributed by atoms with Crippen LogP contribution in [0.15, 0.2) is 0 Å². The fourth-order valence-corrected chi connectivity index (χ4v) is 4.03. The minimum Gasteiger partial charge on any atom is -0.331 e. The van der Waals surface area contributed by atoms with Crippen molar-refractivity contribution < 1.29 is 4.48 Å². The summed E-state index contributed by atoms with van der Waals surface area (Å²) >= 11 is 0. The highest BCUT2D eigenvalue weighted by Gasteiger charge is 2.34. The Morgan fingerprint density at radius 3 is 2.33 bits per heavy atom. The van der Waals surface area contributed by atoms with E-state index in [2.05, 4.69) is 33.1 Å². The van der Waals surface area contributed by atoms with Gasteiger partial charge in [0.05, 0.1) is 27.7 Å². The van der Waals surface area contributed by atoms with Crippen LogP contribution in [0.25, 0.3) is 0 Å². The van der Waals surface area contributed by atoms with E-state index < -0.39 is 0 Å². The molecule has 2 bridgehead atoms. The normalized spacial score (nSPS) is 35.0. The molecule has 0 unspecified atom stereocenters. The average molecular weight is 253 g/mol. The third-order valence-electron chi connectivity index (χ3n) is 5.21. The zero-order valence-corrected chi connectivity index (χ0v) is 13.0. The van der Waals surface area contributed by atoms with Gasteiger partial charge >= 0.3 is 0 Å². The first-order valence-corrected chi connectivity index (χ1v) is 8.00. The molecule has 106 valence electrons. The van der Waals surface area contributed by atoms with Crippen molar-refractivity contribution in [2.75, 3.05) is 34.7 Å². The summed E-state index contributed by atoms with van der Waals surface area (Å²) in [4.78, 5) is 2.76. The zero-order chi connectivity index (χ0) is 13.2. The molecule has 0 aliphatic carbocycles. The first-order valence-electron chi connectivity index (χ1n) is 8.00. The molecule has 0 aromatic carbocycles. The van der Waals surface area contributed by atoms with Gasteiger partial charge in [-0.05, 0) is 38.6 Å². The van der Waals surface area contributed by atoms with Crippen molar-refractivity contribution >= 4 is 0 Å². The molecule has 0 spiro atoms. The van der Waals surface area contributed by atoms with E-state index in [4.69, 9.17) is 0 Å².